The van der Waals surface area contributed by atoms with Gasteiger partial charge in [-0.15, -0.1) is 0 Å². The lowest BCUT2D eigenvalue weighted by Crippen LogP contribution is -2.55. The Morgan fingerprint density at radius 3 is 2.91 bits per heavy atom. The normalized spacial score (nSPS) is 24.8. The number of carboxylic acid groups (broad SMARTS) is 1. The second-order valence-corrected chi connectivity index (χ2v) is 5.91. The number of rotatable bonds is 1. The Labute approximate surface area is 128 Å². The summed E-state index contributed by atoms with van der Waals surface area (Å²) in [6.07, 6.45) is 4.05. The van der Waals surface area contributed by atoms with Gasteiger partial charge in [0.2, 0.25) is 5.91 Å². The van der Waals surface area contributed by atoms with Crippen molar-refractivity contribution in [1.29, 1.82) is 0 Å². The number of amides is 2. The van der Waals surface area contributed by atoms with Crippen LogP contribution < -0.4 is 5.73 Å². The Balaban J connectivity index is 2.03. The van der Waals surface area contributed by atoms with E-state index in [1.807, 2.05) is 18.2 Å². The molecule has 0 radical (unpaired) electrons. The number of hydrogen-bond donors (Lipinski definition) is 2. The summed E-state index contributed by atoms with van der Waals surface area (Å²) in [4.78, 5) is 28.2. The van der Waals surface area contributed by atoms with Crippen molar-refractivity contribution in [3.8, 4) is 0 Å². The summed E-state index contributed by atoms with van der Waals surface area (Å²) in [5.41, 5.74) is 7.99. The number of carbonyl (C=O) groups is 2. The molecule has 0 spiro atoms. The molecule has 116 valence electrons. The molecule has 1 saturated heterocycles. The van der Waals surface area contributed by atoms with E-state index in [9.17, 15) is 14.7 Å². The maximum Gasteiger partial charge on any atom is 0.409 e. The minimum absolute atomic E-state index is 0.188. The fraction of sp³-hybridized carbons (Fsp3) is 0.438. The Morgan fingerprint density at radius 2 is 2.14 bits per heavy atom. The second-order valence-electron chi connectivity index (χ2n) is 5.91. The zero-order chi connectivity index (χ0) is 15.7. The second kappa shape index (κ2) is 5.53. The molecule has 0 bridgehead atoms. The van der Waals surface area contributed by atoms with Crippen LogP contribution in [0.3, 0.4) is 0 Å². The van der Waals surface area contributed by atoms with Crippen LogP contribution in [0.25, 0.3) is 0 Å². The van der Waals surface area contributed by atoms with Crippen LogP contribution in [0, 0.1) is 0 Å². The molecule has 22 heavy (non-hydrogen) atoms. The number of aliphatic imine (C=N–C) groups is 1. The van der Waals surface area contributed by atoms with Gasteiger partial charge in [-0.05, 0) is 36.0 Å². The van der Waals surface area contributed by atoms with Gasteiger partial charge in [0.15, 0.2) is 0 Å². The van der Waals surface area contributed by atoms with Crippen molar-refractivity contribution in [2.75, 3.05) is 6.54 Å². The molecule has 2 heterocycles. The van der Waals surface area contributed by atoms with Gasteiger partial charge in [-0.2, -0.15) is 0 Å². The molecule has 0 saturated carbocycles. The van der Waals surface area contributed by atoms with Gasteiger partial charge < -0.3 is 10.8 Å². The van der Waals surface area contributed by atoms with Crippen molar-refractivity contribution in [1.82, 2.24) is 4.90 Å². The maximum atomic E-state index is 11.6. The highest BCUT2D eigenvalue weighted by Crippen LogP contribution is 2.33. The summed E-state index contributed by atoms with van der Waals surface area (Å²) in [5, 5.41) is 9.51. The fourth-order valence-electron chi connectivity index (χ4n) is 3.25. The monoisotopic (exact) mass is 301 g/mol. The average Bonchev–Trinajstić information content (AvgIpc) is 2.69. The van der Waals surface area contributed by atoms with E-state index in [-0.39, 0.29) is 12.3 Å². The van der Waals surface area contributed by atoms with E-state index in [1.165, 1.54) is 4.90 Å². The number of nitrogens with zero attached hydrogens (tertiary/aromatic N) is 2. The average molecular weight is 301 g/mol. The van der Waals surface area contributed by atoms with E-state index in [4.69, 9.17) is 5.73 Å². The molecule has 1 atom stereocenters. The third kappa shape index (κ3) is 2.50. The Bertz CT molecular complexity index is 656. The lowest BCUT2D eigenvalue weighted by molar-refractivity contribution is -0.117. The van der Waals surface area contributed by atoms with Crippen LogP contribution >= 0.6 is 0 Å². The standard InChI is InChI=1S/C16H19N3O3/c17-16(6-2-1-3-7-19(16)15(21)22)13-5-4-11-10-18-14(20)9-12(11)8-13/h4-5,8,10H,1-3,6-7,9,17H2,(H,21,22). The topological polar surface area (TPSA) is 96.0 Å². The summed E-state index contributed by atoms with van der Waals surface area (Å²) in [5.74, 6) is -0.188. The van der Waals surface area contributed by atoms with E-state index in [2.05, 4.69) is 4.99 Å². The first-order valence-corrected chi connectivity index (χ1v) is 7.50. The van der Waals surface area contributed by atoms with Gasteiger partial charge in [-0.3, -0.25) is 9.69 Å². The fourth-order valence-corrected chi connectivity index (χ4v) is 3.25. The van der Waals surface area contributed by atoms with Crippen molar-refractivity contribution in [3.05, 3.63) is 34.9 Å². The highest BCUT2D eigenvalue weighted by molar-refractivity contribution is 5.98. The molecular weight excluding hydrogens is 282 g/mol. The van der Waals surface area contributed by atoms with Gasteiger partial charge in [-0.25, -0.2) is 9.79 Å². The lowest BCUT2D eigenvalue weighted by atomic mass is 9.89. The van der Waals surface area contributed by atoms with Crippen LogP contribution in [0.1, 0.15) is 42.4 Å². The van der Waals surface area contributed by atoms with Gasteiger partial charge >= 0.3 is 6.09 Å². The van der Waals surface area contributed by atoms with E-state index in [0.717, 1.165) is 36.0 Å². The van der Waals surface area contributed by atoms with Crippen LogP contribution in [0.4, 0.5) is 4.79 Å². The number of fused-ring (bicyclic) bond motifs is 1. The number of nitrogens with two attached hydrogens (primary N) is 1. The first-order chi connectivity index (χ1) is 10.5. The van der Waals surface area contributed by atoms with Gasteiger partial charge in [0.05, 0.1) is 6.42 Å². The number of benzene rings is 1. The third-order valence-corrected chi connectivity index (χ3v) is 4.48. The molecule has 2 aliphatic rings. The van der Waals surface area contributed by atoms with E-state index < -0.39 is 11.8 Å². The highest BCUT2D eigenvalue weighted by Gasteiger charge is 2.39. The third-order valence-electron chi connectivity index (χ3n) is 4.48. The number of likely N-dealkylation sites (tertiary alicyclic amines) is 1. The molecule has 0 aliphatic carbocycles. The molecule has 0 aromatic heterocycles. The van der Waals surface area contributed by atoms with Gasteiger partial charge in [0.1, 0.15) is 5.66 Å². The van der Waals surface area contributed by atoms with Crippen LogP contribution in [0.5, 0.6) is 0 Å². The molecule has 2 amide bonds. The molecule has 6 nitrogen and oxygen atoms in total. The van der Waals surface area contributed by atoms with E-state index >= 15 is 0 Å². The zero-order valence-corrected chi connectivity index (χ0v) is 12.3. The predicted molar refractivity (Wildman–Crippen MR) is 81.8 cm³/mol. The first kappa shape index (κ1) is 14.7. The molecule has 3 N–H and O–H groups in total. The quantitative estimate of drug-likeness (QED) is 0.827. The van der Waals surface area contributed by atoms with Crippen molar-refractivity contribution < 1.29 is 14.7 Å². The summed E-state index contributed by atoms with van der Waals surface area (Å²) < 4.78 is 0. The predicted octanol–water partition coefficient (Wildman–Crippen LogP) is 1.85. The van der Waals surface area contributed by atoms with Crippen molar-refractivity contribution in [2.45, 2.75) is 37.8 Å². The zero-order valence-electron chi connectivity index (χ0n) is 12.3. The molecule has 6 heteroatoms. The van der Waals surface area contributed by atoms with Gasteiger partial charge in [0, 0.05) is 12.8 Å². The molecule has 1 aromatic carbocycles. The van der Waals surface area contributed by atoms with Gasteiger partial charge in [-0.1, -0.05) is 24.6 Å². The molecule has 3 rings (SSSR count). The summed E-state index contributed by atoms with van der Waals surface area (Å²) >= 11 is 0. The summed E-state index contributed by atoms with van der Waals surface area (Å²) in [7, 11) is 0. The van der Waals surface area contributed by atoms with Crippen molar-refractivity contribution in [3.63, 3.8) is 0 Å². The number of carbonyl (C=O) groups excluding carboxylic acids is 1. The van der Waals surface area contributed by atoms with E-state index in [0.29, 0.717) is 13.0 Å². The highest BCUT2D eigenvalue weighted by atomic mass is 16.4. The SMILES string of the molecule is NC1(c2ccc3c(c2)CC(=O)N=C3)CCCCCN1C(=O)O. The molecule has 1 fully saturated rings. The minimum Gasteiger partial charge on any atom is -0.465 e. The van der Waals surface area contributed by atoms with Crippen LogP contribution in [0.15, 0.2) is 23.2 Å². The van der Waals surface area contributed by atoms with Crippen molar-refractivity contribution >= 4 is 18.2 Å². The molecular formula is C16H19N3O3. The van der Waals surface area contributed by atoms with Crippen LogP contribution in [0.2, 0.25) is 0 Å². The lowest BCUT2D eigenvalue weighted by Gasteiger charge is -2.38. The Hall–Kier alpha value is -2.21. The van der Waals surface area contributed by atoms with Crippen LogP contribution in [-0.2, 0) is 16.9 Å². The Kier molecular flexibility index (Phi) is 3.70. The van der Waals surface area contributed by atoms with Crippen LogP contribution in [-0.4, -0.2) is 34.8 Å². The first-order valence-electron chi connectivity index (χ1n) is 7.50. The summed E-state index contributed by atoms with van der Waals surface area (Å²) in [6.45, 7) is 0.434. The summed E-state index contributed by atoms with van der Waals surface area (Å²) in [6, 6.07) is 5.57. The number of hydrogen-bond acceptors (Lipinski definition) is 3. The molecule has 1 aromatic rings. The van der Waals surface area contributed by atoms with Crippen molar-refractivity contribution in [2.24, 2.45) is 10.7 Å². The largest absolute Gasteiger partial charge is 0.465 e. The minimum atomic E-state index is -1.03. The molecule has 2 aliphatic heterocycles. The van der Waals surface area contributed by atoms with Gasteiger partial charge in [0.25, 0.3) is 0 Å². The molecule has 1 unspecified atom stereocenters. The maximum absolute atomic E-state index is 11.6. The smallest absolute Gasteiger partial charge is 0.409 e. The Morgan fingerprint density at radius 1 is 1.32 bits per heavy atom. The van der Waals surface area contributed by atoms with E-state index in [1.54, 1.807) is 6.21 Å².